The summed E-state index contributed by atoms with van der Waals surface area (Å²) in [6.45, 7) is 2.45. The van der Waals surface area contributed by atoms with Crippen molar-refractivity contribution in [1.29, 1.82) is 0 Å². The maximum Gasteiger partial charge on any atom is 0.251 e. The van der Waals surface area contributed by atoms with Gasteiger partial charge in [0.15, 0.2) is 0 Å². The van der Waals surface area contributed by atoms with Gasteiger partial charge in [-0.2, -0.15) is 0 Å². The number of carbonyl (C=O) groups is 1. The molecule has 4 nitrogen and oxygen atoms in total. The van der Waals surface area contributed by atoms with Crippen molar-refractivity contribution in [3.63, 3.8) is 0 Å². The highest BCUT2D eigenvalue weighted by atomic mass is 16.5. The minimum absolute atomic E-state index is 0.0380. The Morgan fingerprint density at radius 1 is 1.37 bits per heavy atom. The summed E-state index contributed by atoms with van der Waals surface area (Å²) in [4.78, 5) is 12.4. The predicted octanol–water partition coefficient (Wildman–Crippen LogP) is 1.95. The van der Waals surface area contributed by atoms with Crippen LogP contribution < -0.4 is 10.6 Å². The zero-order valence-electron chi connectivity index (χ0n) is 11.1. The molecule has 1 fully saturated rings. The normalized spacial score (nSPS) is 22.2. The minimum atomic E-state index is 0.0380. The van der Waals surface area contributed by atoms with Gasteiger partial charge in [0.25, 0.3) is 5.91 Å². The van der Waals surface area contributed by atoms with E-state index in [0.717, 1.165) is 55.6 Å². The number of ether oxygens (including phenoxy) is 1. The summed E-state index contributed by atoms with van der Waals surface area (Å²) in [7, 11) is 0. The van der Waals surface area contributed by atoms with Crippen LogP contribution in [0.25, 0.3) is 0 Å². The summed E-state index contributed by atoms with van der Waals surface area (Å²) < 4.78 is 5.40. The van der Waals surface area contributed by atoms with E-state index in [2.05, 4.69) is 16.7 Å². The maximum absolute atomic E-state index is 12.4. The van der Waals surface area contributed by atoms with Crippen LogP contribution in [0, 0.1) is 0 Å². The second-order valence-corrected chi connectivity index (χ2v) is 5.25. The molecule has 102 valence electrons. The average Bonchev–Trinajstić information content (AvgIpc) is 2.47. The molecular weight excluding hydrogens is 240 g/mol. The number of amides is 1. The Morgan fingerprint density at radius 2 is 2.32 bits per heavy atom. The van der Waals surface area contributed by atoms with E-state index in [9.17, 15) is 4.79 Å². The number of carbonyl (C=O) groups excluding carboxylic acids is 1. The van der Waals surface area contributed by atoms with Gasteiger partial charge in [0.2, 0.25) is 0 Å². The minimum Gasteiger partial charge on any atom is -0.385 e. The lowest BCUT2D eigenvalue weighted by Gasteiger charge is -2.25. The lowest BCUT2D eigenvalue weighted by molar-refractivity contribution is 0.0623. The molecule has 1 aromatic carbocycles. The summed E-state index contributed by atoms with van der Waals surface area (Å²) in [5.74, 6) is 0.0380. The largest absolute Gasteiger partial charge is 0.385 e. The van der Waals surface area contributed by atoms with Gasteiger partial charge in [0.05, 0.1) is 12.6 Å². The third kappa shape index (κ3) is 2.73. The van der Waals surface area contributed by atoms with Crippen LogP contribution in [-0.2, 0) is 11.2 Å². The van der Waals surface area contributed by atoms with Crippen molar-refractivity contribution < 1.29 is 9.53 Å². The number of benzene rings is 1. The fourth-order valence-corrected chi connectivity index (χ4v) is 2.84. The number of anilines is 1. The van der Waals surface area contributed by atoms with Crippen molar-refractivity contribution in [1.82, 2.24) is 5.32 Å². The second-order valence-electron chi connectivity index (χ2n) is 5.25. The van der Waals surface area contributed by atoms with Crippen LogP contribution in [0.3, 0.4) is 0 Å². The van der Waals surface area contributed by atoms with Crippen LogP contribution in [0.15, 0.2) is 18.2 Å². The molecule has 1 atom stereocenters. The zero-order chi connectivity index (χ0) is 13.1. The molecule has 2 N–H and O–H groups in total. The Kier molecular flexibility index (Phi) is 3.69. The molecule has 2 aliphatic heterocycles. The summed E-state index contributed by atoms with van der Waals surface area (Å²) in [6, 6.07) is 6.08. The average molecular weight is 260 g/mol. The van der Waals surface area contributed by atoms with Crippen molar-refractivity contribution in [3.8, 4) is 0 Å². The van der Waals surface area contributed by atoms with Gasteiger partial charge in [-0.3, -0.25) is 4.79 Å². The number of nitrogens with one attached hydrogen (secondary N) is 2. The maximum atomic E-state index is 12.4. The van der Waals surface area contributed by atoms with E-state index in [4.69, 9.17) is 4.74 Å². The van der Waals surface area contributed by atoms with Crippen LogP contribution in [0.1, 0.15) is 35.2 Å². The van der Waals surface area contributed by atoms with Gasteiger partial charge in [0.1, 0.15) is 0 Å². The molecule has 3 rings (SSSR count). The lowest BCUT2D eigenvalue weighted by Crippen LogP contribution is -2.41. The van der Waals surface area contributed by atoms with Crippen molar-refractivity contribution in [2.45, 2.75) is 31.7 Å². The van der Waals surface area contributed by atoms with Gasteiger partial charge in [0, 0.05) is 24.4 Å². The molecule has 0 aliphatic carbocycles. The SMILES string of the molecule is O=C(NC1CCCOC1)c1cccc2c1CCCN2. The van der Waals surface area contributed by atoms with E-state index in [1.54, 1.807) is 0 Å². The molecule has 0 radical (unpaired) electrons. The quantitative estimate of drug-likeness (QED) is 0.854. The highest BCUT2D eigenvalue weighted by Gasteiger charge is 2.21. The Hall–Kier alpha value is -1.55. The fourth-order valence-electron chi connectivity index (χ4n) is 2.84. The lowest BCUT2D eigenvalue weighted by atomic mass is 9.97. The first-order chi connectivity index (χ1) is 9.34. The molecule has 1 unspecified atom stereocenters. The van der Waals surface area contributed by atoms with E-state index in [0.29, 0.717) is 6.61 Å². The third-order valence-electron chi connectivity index (χ3n) is 3.84. The number of hydrogen-bond donors (Lipinski definition) is 2. The zero-order valence-corrected chi connectivity index (χ0v) is 11.1. The van der Waals surface area contributed by atoms with Gasteiger partial charge in [-0.05, 0) is 43.4 Å². The third-order valence-corrected chi connectivity index (χ3v) is 3.84. The first kappa shape index (κ1) is 12.5. The van der Waals surface area contributed by atoms with E-state index < -0.39 is 0 Å². The van der Waals surface area contributed by atoms with Crippen molar-refractivity contribution >= 4 is 11.6 Å². The summed E-state index contributed by atoms with van der Waals surface area (Å²) >= 11 is 0. The fraction of sp³-hybridized carbons (Fsp3) is 0.533. The van der Waals surface area contributed by atoms with E-state index in [-0.39, 0.29) is 11.9 Å². The number of fused-ring (bicyclic) bond motifs is 1. The molecule has 19 heavy (non-hydrogen) atoms. The Bertz CT molecular complexity index is 467. The summed E-state index contributed by atoms with van der Waals surface area (Å²) in [5.41, 5.74) is 3.08. The Balaban J connectivity index is 1.75. The smallest absolute Gasteiger partial charge is 0.251 e. The molecular formula is C15H20N2O2. The van der Waals surface area contributed by atoms with Gasteiger partial charge in [-0.15, -0.1) is 0 Å². The highest BCUT2D eigenvalue weighted by Crippen LogP contribution is 2.25. The van der Waals surface area contributed by atoms with Crippen LogP contribution in [0.4, 0.5) is 5.69 Å². The van der Waals surface area contributed by atoms with Crippen molar-refractivity contribution in [2.24, 2.45) is 0 Å². The van der Waals surface area contributed by atoms with Crippen LogP contribution >= 0.6 is 0 Å². The topological polar surface area (TPSA) is 50.4 Å². The molecule has 0 saturated carbocycles. The molecule has 0 bridgehead atoms. The molecule has 4 heteroatoms. The van der Waals surface area contributed by atoms with E-state index >= 15 is 0 Å². The summed E-state index contributed by atoms with van der Waals surface area (Å²) in [5, 5.41) is 6.45. The first-order valence-corrected chi connectivity index (χ1v) is 7.09. The molecule has 1 amide bonds. The molecule has 0 aromatic heterocycles. The highest BCUT2D eigenvalue weighted by molar-refractivity contribution is 5.97. The van der Waals surface area contributed by atoms with Crippen molar-refractivity contribution in [3.05, 3.63) is 29.3 Å². The predicted molar refractivity (Wildman–Crippen MR) is 74.6 cm³/mol. The first-order valence-electron chi connectivity index (χ1n) is 7.09. The molecule has 0 spiro atoms. The van der Waals surface area contributed by atoms with E-state index in [1.807, 2.05) is 12.1 Å². The molecule has 2 aliphatic rings. The van der Waals surface area contributed by atoms with Crippen LogP contribution in [-0.4, -0.2) is 31.7 Å². The van der Waals surface area contributed by atoms with Crippen LogP contribution in [0.2, 0.25) is 0 Å². The van der Waals surface area contributed by atoms with Gasteiger partial charge >= 0.3 is 0 Å². The van der Waals surface area contributed by atoms with Crippen molar-refractivity contribution in [2.75, 3.05) is 25.1 Å². The van der Waals surface area contributed by atoms with E-state index in [1.165, 1.54) is 0 Å². The standard InChI is InChI=1S/C15H20N2O2/c18-15(17-11-4-3-9-19-10-11)13-5-1-7-14-12(13)6-2-8-16-14/h1,5,7,11,16H,2-4,6,8-10H2,(H,17,18). The second kappa shape index (κ2) is 5.61. The number of hydrogen-bond acceptors (Lipinski definition) is 3. The van der Waals surface area contributed by atoms with Crippen LogP contribution in [0.5, 0.6) is 0 Å². The molecule has 1 saturated heterocycles. The molecule has 2 heterocycles. The summed E-state index contributed by atoms with van der Waals surface area (Å²) in [6.07, 6.45) is 4.11. The Labute approximate surface area is 113 Å². The monoisotopic (exact) mass is 260 g/mol. The van der Waals surface area contributed by atoms with Gasteiger partial charge in [-0.1, -0.05) is 6.07 Å². The Morgan fingerprint density at radius 3 is 3.16 bits per heavy atom. The van der Waals surface area contributed by atoms with Gasteiger partial charge < -0.3 is 15.4 Å². The number of rotatable bonds is 2. The van der Waals surface area contributed by atoms with Gasteiger partial charge in [-0.25, -0.2) is 0 Å². The molecule has 1 aromatic rings.